The number of hydrogen-bond acceptors (Lipinski definition) is 3. The lowest BCUT2D eigenvalue weighted by atomic mass is 10.2. The van der Waals surface area contributed by atoms with Crippen molar-refractivity contribution in [3.8, 4) is 0 Å². The number of rotatable bonds is 3. The van der Waals surface area contributed by atoms with Crippen LogP contribution < -0.4 is 0 Å². The number of hydrogen-bond donors (Lipinski definition) is 0. The van der Waals surface area contributed by atoms with Gasteiger partial charge in [0, 0.05) is 21.9 Å². The van der Waals surface area contributed by atoms with Crippen LogP contribution in [-0.2, 0) is 6.18 Å². The Kier molecular flexibility index (Phi) is 3.99. The molecule has 0 fully saturated rings. The molecule has 0 aromatic heterocycles. The van der Waals surface area contributed by atoms with Gasteiger partial charge in [-0.1, -0.05) is 30.0 Å². The highest BCUT2D eigenvalue weighted by atomic mass is 32.2. The number of nitro benzene ring substituents is 1. The summed E-state index contributed by atoms with van der Waals surface area (Å²) in [6.45, 7) is 0. The molecule has 2 aromatic rings. The van der Waals surface area contributed by atoms with E-state index >= 15 is 0 Å². The molecule has 0 amide bonds. The second kappa shape index (κ2) is 5.54. The van der Waals surface area contributed by atoms with Crippen LogP contribution >= 0.6 is 11.8 Å². The van der Waals surface area contributed by atoms with E-state index in [2.05, 4.69) is 0 Å². The van der Waals surface area contributed by atoms with Crippen LogP contribution in [-0.4, -0.2) is 4.92 Å². The van der Waals surface area contributed by atoms with Crippen LogP contribution in [0.4, 0.5) is 18.9 Å². The Morgan fingerprint density at radius 2 is 1.70 bits per heavy atom. The first-order chi connectivity index (χ1) is 9.38. The average Bonchev–Trinajstić information content (AvgIpc) is 2.39. The Hall–Kier alpha value is -2.02. The third kappa shape index (κ3) is 3.30. The molecule has 0 spiro atoms. The van der Waals surface area contributed by atoms with Crippen molar-refractivity contribution in [1.82, 2.24) is 0 Å². The molecule has 0 saturated heterocycles. The summed E-state index contributed by atoms with van der Waals surface area (Å²) in [4.78, 5) is 10.3. The van der Waals surface area contributed by atoms with E-state index in [0.29, 0.717) is 11.0 Å². The van der Waals surface area contributed by atoms with E-state index < -0.39 is 22.4 Å². The molecule has 2 rings (SSSR count). The molecule has 0 N–H and O–H groups in total. The van der Waals surface area contributed by atoms with Crippen molar-refractivity contribution >= 4 is 17.4 Å². The fourth-order valence-corrected chi connectivity index (χ4v) is 2.53. The first-order valence-electron chi connectivity index (χ1n) is 5.46. The Bertz CT molecular complexity index is 629. The van der Waals surface area contributed by atoms with E-state index in [-0.39, 0.29) is 4.90 Å². The van der Waals surface area contributed by atoms with Crippen molar-refractivity contribution in [2.24, 2.45) is 0 Å². The van der Waals surface area contributed by atoms with Crippen LogP contribution in [0.25, 0.3) is 0 Å². The molecular formula is C13H8F3NO2S. The number of halogens is 3. The van der Waals surface area contributed by atoms with Crippen molar-refractivity contribution in [2.45, 2.75) is 16.0 Å². The van der Waals surface area contributed by atoms with E-state index in [1.54, 1.807) is 30.3 Å². The number of non-ortho nitro benzene ring substituents is 1. The van der Waals surface area contributed by atoms with Gasteiger partial charge < -0.3 is 0 Å². The summed E-state index contributed by atoms with van der Waals surface area (Å²) in [5.41, 5.74) is -1.57. The molecule has 2 aromatic carbocycles. The highest BCUT2D eigenvalue weighted by Gasteiger charge is 2.35. The Morgan fingerprint density at radius 1 is 1.05 bits per heavy atom. The van der Waals surface area contributed by atoms with Crippen molar-refractivity contribution in [3.05, 3.63) is 64.2 Å². The monoisotopic (exact) mass is 299 g/mol. The number of alkyl halides is 3. The van der Waals surface area contributed by atoms with Gasteiger partial charge in [-0.2, -0.15) is 13.2 Å². The molecule has 0 bridgehead atoms. The average molecular weight is 299 g/mol. The minimum atomic E-state index is -4.64. The van der Waals surface area contributed by atoms with E-state index in [1.807, 2.05) is 0 Å². The third-order valence-corrected chi connectivity index (χ3v) is 3.53. The smallest absolute Gasteiger partial charge is 0.258 e. The van der Waals surface area contributed by atoms with Gasteiger partial charge in [0.2, 0.25) is 0 Å². The quantitative estimate of drug-likeness (QED) is 0.606. The summed E-state index contributed by atoms with van der Waals surface area (Å²) in [7, 11) is 0. The van der Waals surface area contributed by atoms with Crippen LogP contribution in [0.1, 0.15) is 5.56 Å². The summed E-state index contributed by atoms with van der Waals surface area (Å²) < 4.78 is 38.9. The minimum Gasteiger partial charge on any atom is -0.258 e. The van der Waals surface area contributed by atoms with Crippen LogP contribution in [0.5, 0.6) is 0 Å². The number of benzene rings is 2. The van der Waals surface area contributed by atoms with Crippen molar-refractivity contribution in [1.29, 1.82) is 0 Å². The summed E-state index contributed by atoms with van der Waals surface area (Å²) >= 11 is 0.919. The maximum absolute atomic E-state index is 13.0. The minimum absolute atomic E-state index is 0.0608. The summed E-state index contributed by atoms with van der Waals surface area (Å²) in [6.07, 6.45) is -4.64. The summed E-state index contributed by atoms with van der Waals surface area (Å²) in [5, 5.41) is 10.6. The molecular weight excluding hydrogens is 291 g/mol. The lowest BCUT2D eigenvalue weighted by molar-refractivity contribution is -0.385. The van der Waals surface area contributed by atoms with Crippen molar-refractivity contribution < 1.29 is 18.1 Å². The fraction of sp³-hybridized carbons (Fsp3) is 0.0769. The molecule has 0 aliphatic carbocycles. The zero-order valence-electron chi connectivity index (χ0n) is 9.92. The molecule has 0 aliphatic heterocycles. The summed E-state index contributed by atoms with van der Waals surface area (Å²) in [5.74, 6) is 0. The standard InChI is InChI=1S/C13H8F3NO2S/c14-13(15,16)11-8-9(17(18)19)6-7-12(11)20-10-4-2-1-3-5-10/h1-8H. The van der Waals surface area contributed by atoms with Gasteiger partial charge in [0.05, 0.1) is 10.5 Å². The predicted octanol–water partition coefficient (Wildman–Crippen LogP) is 4.76. The largest absolute Gasteiger partial charge is 0.417 e. The topological polar surface area (TPSA) is 43.1 Å². The first kappa shape index (κ1) is 14.4. The van der Waals surface area contributed by atoms with Gasteiger partial charge in [-0.25, -0.2) is 0 Å². The third-order valence-electron chi connectivity index (χ3n) is 2.45. The predicted molar refractivity (Wildman–Crippen MR) is 68.7 cm³/mol. The molecule has 7 heteroatoms. The van der Waals surface area contributed by atoms with Gasteiger partial charge >= 0.3 is 6.18 Å². The molecule has 0 unspecified atom stereocenters. The van der Waals surface area contributed by atoms with E-state index in [4.69, 9.17) is 0 Å². The Morgan fingerprint density at radius 3 is 2.25 bits per heavy atom. The zero-order chi connectivity index (χ0) is 14.8. The molecule has 0 aliphatic rings. The maximum atomic E-state index is 13.0. The van der Waals surface area contributed by atoms with Gasteiger partial charge in [0.1, 0.15) is 0 Å². The number of nitrogens with zero attached hydrogens (tertiary/aromatic N) is 1. The van der Waals surface area contributed by atoms with Gasteiger partial charge in [0.15, 0.2) is 0 Å². The Labute approximate surface area is 116 Å². The van der Waals surface area contributed by atoms with Crippen LogP contribution in [0.3, 0.4) is 0 Å². The maximum Gasteiger partial charge on any atom is 0.417 e. The van der Waals surface area contributed by atoms with Crippen LogP contribution in [0.15, 0.2) is 58.3 Å². The first-order valence-corrected chi connectivity index (χ1v) is 6.28. The molecule has 0 atom stereocenters. The highest BCUT2D eigenvalue weighted by Crippen LogP contribution is 2.41. The van der Waals surface area contributed by atoms with Crippen molar-refractivity contribution in [3.63, 3.8) is 0 Å². The Balaban J connectivity index is 2.45. The second-order valence-corrected chi connectivity index (χ2v) is 4.97. The van der Waals surface area contributed by atoms with Crippen LogP contribution in [0, 0.1) is 10.1 Å². The normalized spacial score (nSPS) is 11.3. The molecule has 20 heavy (non-hydrogen) atoms. The van der Waals surface area contributed by atoms with Gasteiger partial charge in [-0.15, -0.1) is 0 Å². The van der Waals surface area contributed by atoms with Gasteiger partial charge in [0.25, 0.3) is 5.69 Å². The van der Waals surface area contributed by atoms with Gasteiger partial charge in [-0.3, -0.25) is 10.1 Å². The highest BCUT2D eigenvalue weighted by molar-refractivity contribution is 7.99. The SMILES string of the molecule is O=[N+]([O-])c1ccc(Sc2ccccc2)c(C(F)(F)F)c1. The van der Waals surface area contributed by atoms with E-state index in [0.717, 1.165) is 23.9 Å². The van der Waals surface area contributed by atoms with Crippen molar-refractivity contribution in [2.75, 3.05) is 0 Å². The lowest BCUT2D eigenvalue weighted by Gasteiger charge is -2.12. The zero-order valence-corrected chi connectivity index (χ0v) is 10.7. The second-order valence-electron chi connectivity index (χ2n) is 3.85. The van der Waals surface area contributed by atoms with E-state index in [9.17, 15) is 23.3 Å². The fourth-order valence-electron chi connectivity index (χ4n) is 1.56. The molecule has 0 radical (unpaired) electrons. The molecule has 0 saturated carbocycles. The van der Waals surface area contributed by atoms with E-state index in [1.165, 1.54) is 0 Å². The molecule has 0 heterocycles. The summed E-state index contributed by atoms with van der Waals surface area (Å²) in [6, 6.07) is 11.3. The van der Waals surface area contributed by atoms with Crippen LogP contribution in [0.2, 0.25) is 0 Å². The van der Waals surface area contributed by atoms with Gasteiger partial charge in [-0.05, 0) is 18.2 Å². The number of nitro groups is 1. The molecule has 3 nitrogen and oxygen atoms in total. The molecule has 104 valence electrons. The lowest BCUT2D eigenvalue weighted by Crippen LogP contribution is -2.07.